The summed E-state index contributed by atoms with van der Waals surface area (Å²) in [6.45, 7) is 1.99. The molecule has 0 saturated carbocycles. The summed E-state index contributed by atoms with van der Waals surface area (Å²) in [5.74, 6) is 0. The Balaban J connectivity index is 2.16. The van der Waals surface area contributed by atoms with Gasteiger partial charge in [-0.15, -0.1) is 0 Å². The van der Waals surface area contributed by atoms with E-state index < -0.39 is 0 Å². The average Bonchev–Trinajstić information content (AvgIpc) is 2.85. The van der Waals surface area contributed by atoms with Crippen LogP contribution in [-0.4, -0.2) is 30.1 Å². The smallest absolute Gasteiger partial charge is 0.0706 e. The van der Waals surface area contributed by atoms with Gasteiger partial charge in [-0.05, 0) is 31.8 Å². The first-order chi connectivity index (χ1) is 8.68. The van der Waals surface area contributed by atoms with E-state index in [2.05, 4.69) is 54.0 Å². The number of hydrogen-bond donors (Lipinski definition) is 1. The van der Waals surface area contributed by atoms with Gasteiger partial charge in [-0.2, -0.15) is 0 Å². The number of likely N-dealkylation sites (N-methyl/N-ethyl adjacent to an activating group) is 1. The second-order valence-electron chi connectivity index (χ2n) is 4.82. The second-order valence-corrected chi connectivity index (χ2v) is 4.82. The van der Waals surface area contributed by atoms with Crippen molar-refractivity contribution in [3.63, 3.8) is 0 Å². The summed E-state index contributed by atoms with van der Waals surface area (Å²) in [7, 11) is 4.17. The molecule has 0 bridgehead atoms. The molecule has 1 atom stereocenters. The molecule has 1 unspecified atom stereocenters. The number of nitrogens with two attached hydrogens (primary N) is 1. The molecule has 2 aromatic rings. The molecule has 0 radical (unpaired) electrons. The summed E-state index contributed by atoms with van der Waals surface area (Å²) in [5.41, 5.74) is 8.66. The topological polar surface area (TPSA) is 34.2 Å². The Kier molecular flexibility index (Phi) is 4.18. The molecule has 96 valence electrons. The summed E-state index contributed by atoms with van der Waals surface area (Å²) < 4.78 is 2.23. The fraction of sp³-hybridized carbons (Fsp3) is 0.333. The minimum atomic E-state index is -0.0524. The number of benzene rings is 1. The molecule has 0 fully saturated rings. The first-order valence-corrected chi connectivity index (χ1v) is 6.29. The predicted octanol–water partition coefficient (Wildman–Crippen LogP) is 2.10. The molecule has 1 aromatic carbocycles. The van der Waals surface area contributed by atoms with Gasteiger partial charge in [0.2, 0.25) is 0 Å². The highest BCUT2D eigenvalue weighted by molar-refractivity contribution is 5.28. The normalized spacial score (nSPS) is 12.9. The Bertz CT molecular complexity index is 473. The Morgan fingerprint density at radius 2 is 1.83 bits per heavy atom. The van der Waals surface area contributed by atoms with Crippen LogP contribution < -0.4 is 5.73 Å². The molecular formula is C15H21N3. The zero-order chi connectivity index (χ0) is 13.0. The molecule has 18 heavy (non-hydrogen) atoms. The van der Waals surface area contributed by atoms with Crippen LogP contribution in [0.5, 0.6) is 0 Å². The van der Waals surface area contributed by atoms with E-state index >= 15 is 0 Å². The Morgan fingerprint density at radius 3 is 2.50 bits per heavy atom. The van der Waals surface area contributed by atoms with Gasteiger partial charge < -0.3 is 15.2 Å². The Morgan fingerprint density at radius 1 is 1.11 bits per heavy atom. The SMILES string of the molecule is CN(C)CCn1cccc1C(N)c1ccccc1. The predicted molar refractivity (Wildman–Crippen MR) is 75.5 cm³/mol. The lowest BCUT2D eigenvalue weighted by molar-refractivity contribution is 0.380. The quantitative estimate of drug-likeness (QED) is 0.872. The highest BCUT2D eigenvalue weighted by Gasteiger charge is 2.12. The third-order valence-corrected chi connectivity index (χ3v) is 3.13. The first-order valence-electron chi connectivity index (χ1n) is 6.29. The number of hydrogen-bond acceptors (Lipinski definition) is 2. The van der Waals surface area contributed by atoms with Gasteiger partial charge >= 0.3 is 0 Å². The van der Waals surface area contributed by atoms with Crippen LogP contribution in [0.3, 0.4) is 0 Å². The number of rotatable bonds is 5. The highest BCUT2D eigenvalue weighted by Crippen LogP contribution is 2.19. The first kappa shape index (κ1) is 12.9. The maximum absolute atomic E-state index is 6.33. The maximum Gasteiger partial charge on any atom is 0.0706 e. The lowest BCUT2D eigenvalue weighted by atomic mass is 10.1. The largest absolute Gasteiger partial charge is 0.348 e. The summed E-state index contributed by atoms with van der Waals surface area (Å²) >= 11 is 0. The fourth-order valence-electron chi connectivity index (χ4n) is 2.05. The summed E-state index contributed by atoms with van der Waals surface area (Å²) in [6.07, 6.45) is 2.10. The third-order valence-electron chi connectivity index (χ3n) is 3.13. The lowest BCUT2D eigenvalue weighted by Gasteiger charge is -2.17. The molecule has 3 heteroatoms. The molecular weight excluding hydrogens is 222 g/mol. The summed E-state index contributed by atoms with van der Waals surface area (Å²) in [4.78, 5) is 2.18. The van der Waals surface area contributed by atoms with Gasteiger partial charge in [0.05, 0.1) is 6.04 Å². The summed E-state index contributed by atoms with van der Waals surface area (Å²) in [5, 5.41) is 0. The van der Waals surface area contributed by atoms with E-state index in [9.17, 15) is 0 Å². The van der Waals surface area contributed by atoms with Crippen LogP contribution >= 0.6 is 0 Å². The van der Waals surface area contributed by atoms with Crippen LogP contribution in [0, 0.1) is 0 Å². The number of nitrogens with zero attached hydrogens (tertiary/aromatic N) is 2. The van der Waals surface area contributed by atoms with Crippen LogP contribution in [-0.2, 0) is 6.54 Å². The minimum Gasteiger partial charge on any atom is -0.348 e. The van der Waals surface area contributed by atoms with E-state index in [4.69, 9.17) is 5.73 Å². The minimum absolute atomic E-state index is 0.0524. The van der Waals surface area contributed by atoms with Crippen molar-refractivity contribution < 1.29 is 0 Å². The van der Waals surface area contributed by atoms with Crippen molar-refractivity contribution in [2.24, 2.45) is 5.73 Å². The van der Waals surface area contributed by atoms with Crippen molar-refractivity contribution >= 4 is 0 Å². The molecule has 1 aromatic heterocycles. The molecule has 1 heterocycles. The molecule has 0 spiro atoms. The van der Waals surface area contributed by atoms with Gasteiger partial charge in [-0.25, -0.2) is 0 Å². The zero-order valence-corrected chi connectivity index (χ0v) is 11.1. The number of aromatic nitrogens is 1. The van der Waals surface area contributed by atoms with E-state index in [0.29, 0.717) is 0 Å². The average molecular weight is 243 g/mol. The van der Waals surface area contributed by atoms with Crippen molar-refractivity contribution in [2.75, 3.05) is 20.6 Å². The fourth-order valence-corrected chi connectivity index (χ4v) is 2.05. The maximum atomic E-state index is 6.33. The molecule has 0 saturated heterocycles. The second kappa shape index (κ2) is 5.85. The molecule has 0 aliphatic heterocycles. The van der Waals surface area contributed by atoms with Crippen LogP contribution in [0.25, 0.3) is 0 Å². The van der Waals surface area contributed by atoms with Crippen LogP contribution in [0.1, 0.15) is 17.3 Å². The Hall–Kier alpha value is -1.58. The molecule has 0 amide bonds. The van der Waals surface area contributed by atoms with E-state index in [-0.39, 0.29) is 6.04 Å². The summed E-state index contributed by atoms with van der Waals surface area (Å²) in [6, 6.07) is 14.3. The third kappa shape index (κ3) is 3.00. The van der Waals surface area contributed by atoms with Gasteiger partial charge in [-0.3, -0.25) is 0 Å². The molecule has 2 N–H and O–H groups in total. The molecule has 0 aliphatic rings. The van der Waals surface area contributed by atoms with Gasteiger partial charge in [0.25, 0.3) is 0 Å². The van der Waals surface area contributed by atoms with Crippen LogP contribution in [0.2, 0.25) is 0 Å². The van der Waals surface area contributed by atoms with Gasteiger partial charge in [0.15, 0.2) is 0 Å². The van der Waals surface area contributed by atoms with E-state index in [0.717, 1.165) is 18.7 Å². The van der Waals surface area contributed by atoms with Gasteiger partial charge in [0, 0.05) is 25.0 Å². The van der Waals surface area contributed by atoms with Crippen molar-refractivity contribution in [1.29, 1.82) is 0 Å². The molecule has 2 rings (SSSR count). The van der Waals surface area contributed by atoms with Crippen molar-refractivity contribution in [1.82, 2.24) is 9.47 Å². The zero-order valence-electron chi connectivity index (χ0n) is 11.1. The standard InChI is InChI=1S/C15H21N3/c1-17(2)11-12-18-10-6-9-14(18)15(16)13-7-4-3-5-8-13/h3-10,15H,11-12,16H2,1-2H3. The lowest BCUT2D eigenvalue weighted by Crippen LogP contribution is -2.22. The van der Waals surface area contributed by atoms with Gasteiger partial charge in [0.1, 0.15) is 0 Å². The highest BCUT2D eigenvalue weighted by atomic mass is 15.1. The van der Waals surface area contributed by atoms with Crippen molar-refractivity contribution in [3.05, 3.63) is 59.9 Å². The van der Waals surface area contributed by atoms with Gasteiger partial charge in [-0.1, -0.05) is 30.3 Å². The van der Waals surface area contributed by atoms with E-state index in [1.165, 1.54) is 5.69 Å². The van der Waals surface area contributed by atoms with E-state index in [1.54, 1.807) is 0 Å². The van der Waals surface area contributed by atoms with Crippen molar-refractivity contribution in [3.8, 4) is 0 Å². The van der Waals surface area contributed by atoms with Crippen molar-refractivity contribution in [2.45, 2.75) is 12.6 Å². The molecule has 3 nitrogen and oxygen atoms in total. The molecule has 0 aliphatic carbocycles. The monoisotopic (exact) mass is 243 g/mol. The Labute approximate surface area is 109 Å². The van der Waals surface area contributed by atoms with Crippen LogP contribution in [0.4, 0.5) is 0 Å². The van der Waals surface area contributed by atoms with Crippen LogP contribution in [0.15, 0.2) is 48.7 Å². The van der Waals surface area contributed by atoms with E-state index in [1.807, 2.05) is 18.2 Å².